The Labute approximate surface area is 206 Å². The van der Waals surface area contributed by atoms with Crippen LogP contribution in [0.3, 0.4) is 0 Å². The summed E-state index contributed by atoms with van der Waals surface area (Å²) in [5, 5.41) is 22.8. The van der Waals surface area contributed by atoms with Crippen molar-refractivity contribution in [3.05, 3.63) is 58.8 Å². The zero-order valence-electron chi connectivity index (χ0n) is 18.7. The Balaban J connectivity index is 1.37. The number of nitrogens with one attached hydrogen (secondary N) is 3. The molecular formula is C24H22ClFN8O. The summed E-state index contributed by atoms with van der Waals surface area (Å²) in [6.07, 6.45) is 6.25. The molecule has 1 aromatic carbocycles. The predicted molar refractivity (Wildman–Crippen MR) is 132 cm³/mol. The first kappa shape index (κ1) is 23.0. The standard InChI is InChI=1S/C24H22ClFN8O/c25-17-5-15(9-27)6-18(26)23(17)32-19-7-20(29-11-16(19)10-28)33-21-8-22(31-14-30-21)34-3-1-24(12-34)2-4-35-13-24/h5-8,10-11,14,28H,1-4,12-13H2,(H2,29,30,31,32,33). The molecule has 9 nitrogen and oxygen atoms in total. The molecule has 0 amide bonds. The molecule has 2 fully saturated rings. The Hall–Kier alpha value is -3.81. The van der Waals surface area contributed by atoms with Crippen LogP contribution in [0.15, 0.2) is 36.8 Å². The fourth-order valence-electron chi connectivity index (χ4n) is 4.47. The summed E-state index contributed by atoms with van der Waals surface area (Å²) in [5.74, 6) is 1.15. The second-order valence-electron chi connectivity index (χ2n) is 8.71. The van der Waals surface area contributed by atoms with Crippen LogP contribution in [0.2, 0.25) is 5.02 Å². The molecule has 5 rings (SSSR count). The summed E-state index contributed by atoms with van der Waals surface area (Å²) in [6.45, 7) is 3.43. The highest BCUT2D eigenvalue weighted by molar-refractivity contribution is 6.33. The van der Waals surface area contributed by atoms with Crippen LogP contribution >= 0.6 is 11.6 Å². The third-order valence-corrected chi connectivity index (χ3v) is 6.68. The molecule has 1 spiro atoms. The third-order valence-electron chi connectivity index (χ3n) is 6.38. The van der Waals surface area contributed by atoms with Gasteiger partial charge >= 0.3 is 0 Å². The van der Waals surface area contributed by atoms with E-state index in [1.807, 2.05) is 12.1 Å². The van der Waals surface area contributed by atoms with Gasteiger partial charge in [0.1, 0.15) is 29.6 Å². The van der Waals surface area contributed by atoms with Crippen molar-refractivity contribution < 1.29 is 9.13 Å². The van der Waals surface area contributed by atoms with E-state index in [0.717, 1.165) is 57.2 Å². The van der Waals surface area contributed by atoms with E-state index in [1.54, 1.807) is 6.07 Å². The Kier molecular flexibility index (Phi) is 6.19. The Morgan fingerprint density at radius 1 is 1.17 bits per heavy atom. The molecule has 0 aliphatic carbocycles. The zero-order valence-corrected chi connectivity index (χ0v) is 19.4. The number of hydrogen-bond donors (Lipinski definition) is 3. The number of anilines is 5. The second kappa shape index (κ2) is 9.44. The maximum absolute atomic E-state index is 14.6. The normalized spacial score (nSPS) is 19.1. The van der Waals surface area contributed by atoms with E-state index in [0.29, 0.717) is 22.9 Å². The number of ether oxygens (including phenoxy) is 1. The van der Waals surface area contributed by atoms with Crippen molar-refractivity contribution in [1.82, 2.24) is 15.0 Å². The lowest BCUT2D eigenvalue weighted by Crippen LogP contribution is -2.28. The summed E-state index contributed by atoms with van der Waals surface area (Å²) in [5.41, 5.74) is 1.19. The van der Waals surface area contributed by atoms with Crippen LogP contribution in [0.4, 0.5) is 33.2 Å². The van der Waals surface area contributed by atoms with Crippen molar-refractivity contribution in [1.29, 1.82) is 10.7 Å². The van der Waals surface area contributed by atoms with Crippen molar-refractivity contribution in [2.75, 3.05) is 41.8 Å². The quantitative estimate of drug-likeness (QED) is 0.425. The topological polar surface area (TPSA) is 123 Å². The lowest BCUT2D eigenvalue weighted by atomic mass is 9.87. The summed E-state index contributed by atoms with van der Waals surface area (Å²) < 4.78 is 20.2. The summed E-state index contributed by atoms with van der Waals surface area (Å²) in [6, 6.07) is 7.84. The van der Waals surface area contributed by atoms with Crippen LogP contribution in [-0.4, -0.2) is 47.5 Å². The fraction of sp³-hybridized carbons (Fsp3) is 0.292. The fourth-order valence-corrected chi connectivity index (χ4v) is 4.73. The average molecular weight is 493 g/mol. The summed E-state index contributed by atoms with van der Waals surface area (Å²) in [7, 11) is 0. The van der Waals surface area contributed by atoms with Crippen molar-refractivity contribution in [2.45, 2.75) is 12.8 Å². The SMILES string of the molecule is N#Cc1cc(F)c(Nc2cc(Nc3cc(N4CCC5(CCOC5)C4)ncn3)ncc2C=N)c(Cl)c1. The Bertz CT molecular complexity index is 1300. The highest BCUT2D eigenvalue weighted by Crippen LogP contribution is 2.40. The van der Waals surface area contributed by atoms with E-state index in [4.69, 9.17) is 27.0 Å². The maximum atomic E-state index is 14.6. The molecule has 3 N–H and O–H groups in total. The zero-order chi connectivity index (χ0) is 24.4. The summed E-state index contributed by atoms with van der Waals surface area (Å²) in [4.78, 5) is 15.3. The highest BCUT2D eigenvalue weighted by Gasteiger charge is 2.41. The average Bonchev–Trinajstić information content (AvgIpc) is 3.51. The first-order valence-corrected chi connectivity index (χ1v) is 11.4. The minimum absolute atomic E-state index is 0.00842. The van der Waals surface area contributed by atoms with Gasteiger partial charge < -0.3 is 25.7 Å². The van der Waals surface area contributed by atoms with Gasteiger partial charge in [0.15, 0.2) is 0 Å². The van der Waals surface area contributed by atoms with Crippen LogP contribution < -0.4 is 15.5 Å². The highest BCUT2D eigenvalue weighted by atomic mass is 35.5. The molecule has 1 atom stereocenters. The molecular weight excluding hydrogens is 471 g/mol. The summed E-state index contributed by atoms with van der Waals surface area (Å²) >= 11 is 6.18. The molecule has 0 bridgehead atoms. The molecule has 4 heterocycles. The van der Waals surface area contributed by atoms with Gasteiger partial charge in [0.25, 0.3) is 0 Å². The molecule has 0 saturated carbocycles. The van der Waals surface area contributed by atoms with Gasteiger partial charge in [0, 0.05) is 55.2 Å². The monoisotopic (exact) mass is 492 g/mol. The van der Waals surface area contributed by atoms with Crippen LogP contribution in [0.25, 0.3) is 0 Å². The van der Waals surface area contributed by atoms with Crippen LogP contribution in [0, 0.1) is 28.0 Å². The predicted octanol–water partition coefficient (Wildman–Crippen LogP) is 4.64. The lowest BCUT2D eigenvalue weighted by molar-refractivity contribution is 0.160. The van der Waals surface area contributed by atoms with Crippen LogP contribution in [-0.2, 0) is 4.74 Å². The van der Waals surface area contributed by atoms with Gasteiger partial charge in [-0.25, -0.2) is 19.3 Å². The number of hydrogen-bond acceptors (Lipinski definition) is 9. The van der Waals surface area contributed by atoms with E-state index in [9.17, 15) is 4.39 Å². The second-order valence-corrected chi connectivity index (χ2v) is 9.12. The molecule has 3 aromatic rings. The van der Waals surface area contributed by atoms with E-state index in [2.05, 4.69) is 30.5 Å². The number of halogens is 2. The van der Waals surface area contributed by atoms with E-state index < -0.39 is 5.82 Å². The van der Waals surface area contributed by atoms with Gasteiger partial charge in [-0.15, -0.1) is 0 Å². The smallest absolute Gasteiger partial charge is 0.149 e. The number of nitriles is 1. The molecule has 178 valence electrons. The van der Waals surface area contributed by atoms with Gasteiger partial charge in [0.05, 0.1) is 34.6 Å². The number of rotatable bonds is 6. The van der Waals surface area contributed by atoms with Gasteiger partial charge in [-0.05, 0) is 25.0 Å². The van der Waals surface area contributed by atoms with Crippen LogP contribution in [0.5, 0.6) is 0 Å². The molecule has 11 heteroatoms. The van der Waals surface area contributed by atoms with Crippen molar-refractivity contribution >= 4 is 46.6 Å². The molecule has 1 unspecified atom stereocenters. The molecule has 0 radical (unpaired) electrons. The van der Waals surface area contributed by atoms with E-state index >= 15 is 0 Å². The minimum atomic E-state index is -0.673. The third kappa shape index (κ3) is 4.73. The Morgan fingerprint density at radius 2 is 2.03 bits per heavy atom. The van der Waals surface area contributed by atoms with E-state index in [1.165, 1.54) is 18.6 Å². The first-order chi connectivity index (χ1) is 17.0. The maximum Gasteiger partial charge on any atom is 0.149 e. The largest absolute Gasteiger partial charge is 0.381 e. The van der Waals surface area contributed by atoms with Gasteiger partial charge in [-0.1, -0.05) is 11.6 Å². The number of aromatic nitrogens is 3. The Morgan fingerprint density at radius 3 is 2.77 bits per heavy atom. The number of pyridine rings is 1. The molecule has 2 saturated heterocycles. The minimum Gasteiger partial charge on any atom is -0.381 e. The number of nitrogens with zero attached hydrogens (tertiary/aromatic N) is 5. The van der Waals surface area contributed by atoms with Crippen molar-refractivity contribution in [2.24, 2.45) is 5.41 Å². The van der Waals surface area contributed by atoms with Gasteiger partial charge in [-0.2, -0.15) is 5.26 Å². The first-order valence-electron chi connectivity index (χ1n) is 11.1. The van der Waals surface area contributed by atoms with Crippen molar-refractivity contribution in [3.8, 4) is 6.07 Å². The molecule has 2 aromatic heterocycles. The van der Waals surface area contributed by atoms with E-state index in [-0.39, 0.29) is 21.7 Å². The van der Waals surface area contributed by atoms with Gasteiger partial charge in [-0.3, -0.25) is 0 Å². The number of benzene rings is 1. The molecule has 2 aliphatic heterocycles. The molecule has 2 aliphatic rings. The van der Waals surface area contributed by atoms with Crippen molar-refractivity contribution in [3.63, 3.8) is 0 Å². The lowest BCUT2D eigenvalue weighted by Gasteiger charge is -2.22. The van der Waals surface area contributed by atoms with Crippen LogP contribution in [0.1, 0.15) is 24.0 Å². The van der Waals surface area contributed by atoms with Gasteiger partial charge in [0.2, 0.25) is 0 Å². The molecule has 35 heavy (non-hydrogen) atoms.